The van der Waals surface area contributed by atoms with E-state index >= 15 is 0 Å². The molecule has 4 heteroatoms. The molecular formula is CH6ClO2Ru. The first-order valence-electron chi connectivity index (χ1n) is 0.581. The Morgan fingerprint density at radius 1 is 1.40 bits per heavy atom. The molecule has 0 saturated heterocycles. The summed E-state index contributed by atoms with van der Waals surface area (Å²) in [6.07, 6.45) is 0. The molecule has 0 aromatic rings. The van der Waals surface area contributed by atoms with E-state index in [1.807, 2.05) is 17.3 Å². The summed E-state index contributed by atoms with van der Waals surface area (Å²) in [6, 6.07) is 0. The first-order valence-corrected chi connectivity index (χ1v) is 2.82. The van der Waals surface area contributed by atoms with Crippen LogP contribution in [0.1, 0.15) is 0 Å². The van der Waals surface area contributed by atoms with Gasteiger partial charge in [0.15, 0.2) is 0 Å². The zero-order valence-electron chi connectivity index (χ0n) is 2.68. The Hall–Kier alpha value is 0.833. The number of aliphatic hydroxyl groups excluding tert-OH is 1. The second kappa shape index (κ2) is 102. The summed E-state index contributed by atoms with van der Waals surface area (Å²) in [5, 5.41) is 7.00. The van der Waals surface area contributed by atoms with E-state index in [0.29, 0.717) is 0 Å². The van der Waals surface area contributed by atoms with Gasteiger partial charge in [0.2, 0.25) is 0 Å². The topological polar surface area (TPSA) is 51.7 Å². The molecule has 5 heavy (non-hydrogen) atoms. The van der Waals surface area contributed by atoms with Crippen LogP contribution in [0.15, 0.2) is 0 Å². The van der Waals surface area contributed by atoms with Crippen molar-refractivity contribution in [3.8, 4) is 0 Å². The van der Waals surface area contributed by atoms with Gasteiger partial charge in [-0.1, -0.05) is 0 Å². The van der Waals surface area contributed by atoms with Gasteiger partial charge in [-0.3, -0.25) is 0 Å². The van der Waals surface area contributed by atoms with Gasteiger partial charge in [0.05, 0.1) is 0 Å². The van der Waals surface area contributed by atoms with Crippen LogP contribution in [0.2, 0.25) is 0 Å². The third kappa shape index (κ3) is 55.9. The quantitative estimate of drug-likeness (QED) is 0.508. The summed E-state index contributed by atoms with van der Waals surface area (Å²) in [7, 11) is 5.57. The van der Waals surface area contributed by atoms with Crippen molar-refractivity contribution in [2.45, 2.75) is 0 Å². The van der Waals surface area contributed by atoms with Gasteiger partial charge in [0, 0.05) is 7.11 Å². The third-order valence-electron chi connectivity index (χ3n) is 0. The van der Waals surface area contributed by atoms with Crippen LogP contribution in [0.3, 0.4) is 0 Å². The molecule has 0 bridgehead atoms. The molecule has 0 aliphatic heterocycles. The number of hydrogen-bond donors (Lipinski definition) is 1. The Balaban J connectivity index is -0.0000000133. The average molecular weight is 187 g/mol. The first kappa shape index (κ1) is 17.0. The Kier molecular flexibility index (Phi) is 347. The standard InChI is InChI=1S/CH4O.ClH.H2O.Ru/c1-2;;;/h2H,1H3;1H;1H2;/q;;;+1/p-1. The molecule has 0 amide bonds. The summed E-state index contributed by atoms with van der Waals surface area (Å²) in [5.74, 6) is 0. The fourth-order valence-electron chi connectivity index (χ4n) is 0. The fraction of sp³-hybridized carbons (Fsp3) is 1.00. The summed E-state index contributed by atoms with van der Waals surface area (Å²) < 4.78 is 0. The molecule has 0 rings (SSSR count). The molecule has 0 spiro atoms. The van der Waals surface area contributed by atoms with E-state index in [9.17, 15) is 0 Å². The maximum absolute atomic E-state index is 7.00. The van der Waals surface area contributed by atoms with E-state index in [2.05, 4.69) is 9.69 Å². The molecule has 2 nitrogen and oxygen atoms in total. The number of aliphatic hydroxyl groups is 1. The van der Waals surface area contributed by atoms with Gasteiger partial charge in [-0.15, -0.1) is 0 Å². The molecule has 0 unspecified atom stereocenters. The minimum absolute atomic E-state index is 0. The van der Waals surface area contributed by atoms with Crippen molar-refractivity contribution in [2.24, 2.45) is 0 Å². The number of rotatable bonds is 0. The SMILES string of the molecule is CO.O.[Cl][Ru]. The predicted octanol–water partition coefficient (Wildman–Crippen LogP) is -0.529. The molecule has 37 valence electrons. The van der Waals surface area contributed by atoms with Gasteiger partial charge < -0.3 is 10.6 Å². The fourth-order valence-corrected chi connectivity index (χ4v) is 0. The van der Waals surface area contributed by atoms with Crippen LogP contribution in [-0.4, -0.2) is 17.7 Å². The van der Waals surface area contributed by atoms with Crippen LogP contribution in [0.5, 0.6) is 0 Å². The van der Waals surface area contributed by atoms with E-state index in [0.717, 1.165) is 7.11 Å². The van der Waals surface area contributed by atoms with E-state index in [4.69, 9.17) is 5.11 Å². The molecule has 0 radical (unpaired) electrons. The third-order valence-corrected chi connectivity index (χ3v) is 0. The van der Waals surface area contributed by atoms with Crippen LogP contribution in [-0.2, 0) is 17.3 Å². The molecule has 0 saturated carbocycles. The Morgan fingerprint density at radius 2 is 1.40 bits per heavy atom. The average Bonchev–Trinajstić information content (AvgIpc) is 1.50. The predicted molar refractivity (Wildman–Crippen MR) is 17.6 cm³/mol. The van der Waals surface area contributed by atoms with Gasteiger partial charge >= 0.3 is 27.0 Å². The monoisotopic (exact) mass is 187 g/mol. The molecule has 0 aromatic heterocycles. The summed E-state index contributed by atoms with van der Waals surface area (Å²) in [5.41, 5.74) is 0. The number of hydrogen-bond acceptors (Lipinski definition) is 1. The van der Waals surface area contributed by atoms with E-state index < -0.39 is 0 Å². The molecule has 0 aliphatic carbocycles. The van der Waals surface area contributed by atoms with Gasteiger partial charge in [-0.05, 0) is 0 Å². The van der Waals surface area contributed by atoms with Crippen molar-refractivity contribution in [2.75, 3.05) is 7.11 Å². The van der Waals surface area contributed by atoms with Crippen molar-refractivity contribution in [3.63, 3.8) is 0 Å². The first-order chi connectivity index (χ1) is 2.00. The van der Waals surface area contributed by atoms with Gasteiger partial charge in [-0.25, -0.2) is 0 Å². The van der Waals surface area contributed by atoms with Crippen LogP contribution in [0, 0.1) is 0 Å². The maximum atomic E-state index is 7.00. The second-order valence-electron chi connectivity index (χ2n) is 0. The van der Waals surface area contributed by atoms with E-state index in [1.54, 1.807) is 0 Å². The molecule has 0 heterocycles. The molecule has 0 fully saturated rings. The van der Waals surface area contributed by atoms with Crippen molar-refractivity contribution in [3.05, 3.63) is 0 Å². The van der Waals surface area contributed by atoms with Gasteiger partial charge in [-0.2, -0.15) is 0 Å². The zero-order valence-corrected chi connectivity index (χ0v) is 5.17. The Morgan fingerprint density at radius 3 is 1.40 bits per heavy atom. The van der Waals surface area contributed by atoms with Crippen molar-refractivity contribution >= 4 is 9.69 Å². The summed E-state index contributed by atoms with van der Waals surface area (Å²) in [4.78, 5) is 0. The zero-order chi connectivity index (χ0) is 4.00. The second-order valence-corrected chi connectivity index (χ2v) is 0. The van der Waals surface area contributed by atoms with Crippen LogP contribution < -0.4 is 0 Å². The van der Waals surface area contributed by atoms with Gasteiger partial charge in [0.25, 0.3) is 0 Å². The van der Waals surface area contributed by atoms with Gasteiger partial charge in [0.1, 0.15) is 0 Å². The molecule has 3 N–H and O–H groups in total. The molecule has 0 aliphatic rings. The summed E-state index contributed by atoms with van der Waals surface area (Å²) >= 11 is 1.82. The summed E-state index contributed by atoms with van der Waals surface area (Å²) in [6.45, 7) is 0. The van der Waals surface area contributed by atoms with E-state index in [-0.39, 0.29) is 5.48 Å². The van der Waals surface area contributed by atoms with E-state index in [1.165, 1.54) is 0 Å². The molecule has 0 aromatic carbocycles. The normalized spacial score (nSPS) is 2.40. The Bertz CT molecular complexity index is 9.61. The van der Waals surface area contributed by atoms with Crippen LogP contribution in [0.25, 0.3) is 0 Å². The molecule has 0 atom stereocenters. The molecular weight excluding hydrogens is 181 g/mol. The van der Waals surface area contributed by atoms with Crippen molar-refractivity contribution < 1.29 is 27.9 Å². The van der Waals surface area contributed by atoms with Crippen LogP contribution in [0.4, 0.5) is 0 Å². The minimum atomic E-state index is 0. The Labute approximate surface area is 45.2 Å². The number of halogens is 1. The van der Waals surface area contributed by atoms with Crippen LogP contribution >= 0.6 is 9.69 Å². The van der Waals surface area contributed by atoms with Crippen molar-refractivity contribution in [1.82, 2.24) is 0 Å². The van der Waals surface area contributed by atoms with Crippen molar-refractivity contribution in [1.29, 1.82) is 0 Å².